The van der Waals surface area contributed by atoms with Crippen LogP contribution in [0.15, 0.2) is 18.2 Å². The number of carboxylic acid groups (broad SMARTS) is 1. The van der Waals surface area contributed by atoms with Gasteiger partial charge < -0.3 is 16.2 Å². The predicted molar refractivity (Wildman–Crippen MR) is 76.5 cm³/mol. The number of aliphatic carboxylic acids is 1. The first-order chi connectivity index (χ1) is 9.60. The van der Waals surface area contributed by atoms with Crippen molar-refractivity contribution < 1.29 is 14.7 Å². The molecule has 1 aliphatic rings. The molecule has 1 aliphatic heterocycles. The first-order valence-corrected chi connectivity index (χ1v) is 6.94. The molecule has 1 aromatic rings. The van der Waals surface area contributed by atoms with Crippen molar-refractivity contribution in [2.75, 3.05) is 11.9 Å². The van der Waals surface area contributed by atoms with Gasteiger partial charge in [0.25, 0.3) is 0 Å². The Hall–Kier alpha value is -1.88. The lowest BCUT2D eigenvalue weighted by atomic mass is 9.89. The van der Waals surface area contributed by atoms with Crippen molar-refractivity contribution in [2.24, 2.45) is 11.7 Å². The van der Waals surface area contributed by atoms with Gasteiger partial charge in [-0.2, -0.15) is 0 Å². The number of carboxylic acids is 1. The van der Waals surface area contributed by atoms with Crippen molar-refractivity contribution in [3.8, 4) is 0 Å². The summed E-state index contributed by atoms with van der Waals surface area (Å²) in [6.07, 6.45) is 3.34. The van der Waals surface area contributed by atoms with Crippen molar-refractivity contribution in [3.05, 3.63) is 29.3 Å². The fraction of sp³-hybridized carbons (Fsp3) is 0.467. The fourth-order valence-electron chi connectivity index (χ4n) is 2.52. The van der Waals surface area contributed by atoms with Crippen molar-refractivity contribution in [2.45, 2.75) is 32.1 Å². The molecule has 1 amide bonds. The summed E-state index contributed by atoms with van der Waals surface area (Å²) in [5.74, 6) is -1.60. The molecule has 1 unspecified atom stereocenters. The van der Waals surface area contributed by atoms with Crippen LogP contribution in [0.2, 0.25) is 0 Å². The van der Waals surface area contributed by atoms with Gasteiger partial charge in [0.15, 0.2) is 0 Å². The minimum absolute atomic E-state index is 0.122. The number of fused-ring (bicyclic) bond motifs is 1. The second kappa shape index (κ2) is 6.52. The highest BCUT2D eigenvalue weighted by atomic mass is 16.4. The molecule has 2 rings (SSSR count). The highest BCUT2D eigenvalue weighted by molar-refractivity contribution is 5.97. The number of unbranched alkanes of at least 4 members (excludes halogenated alkanes) is 1. The van der Waals surface area contributed by atoms with Gasteiger partial charge in [-0.25, -0.2) is 0 Å². The van der Waals surface area contributed by atoms with Crippen LogP contribution in [0.5, 0.6) is 0 Å². The molecule has 0 spiro atoms. The zero-order valence-corrected chi connectivity index (χ0v) is 11.4. The molecule has 108 valence electrons. The highest BCUT2D eigenvalue weighted by Crippen LogP contribution is 2.28. The Morgan fingerprint density at radius 1 is 1.40 bits per heavy atom. The molecular formula is C15H20N2O3. The van der Waals surface area contributed by atoms with Crippen LogP contribution in [0, 0.1) is 5.92 Å². The normalized spacial score (nSPS) is 17.4. The van der Waals surface area contributed by atoms with Crippen LogP contribution in [0.1, 0.15) is 30.4 Å². The Morgan fingerprint density at radius 3 is 2.90 bits per heavy atom. The maximum Gasteiger partial charge on any atom is 0.304 e. The standard InChI is InChI=1S/C15H20N2O3/c16-6-2-1-3-10-4-5-11-8-12(9-14(18)19)15(20)17-13(11)7-10/h4-5,7,12H,1-3,6,8-9,16H2,(H,17,20)(H,18,19). The summed E-state index contributed by atoms with van der Waals surface area (Å²) in [4.78, 5) is 22.6. The molecule has 0 aliphatic carbocycles. The van der Waals surface area contributed by atoms with Crippen molar-refractivity contribution in [3.63, 3.8) is 0 Å². The number of carbonyl (C=O) groups excluding carboxylic acids is 1. The smallest absolute Gasteiger partial charge is 0.304 e. The van der Waals surface area contributed by atoms with Gasteiger partial charge in [-0.1, -0.05) is 12.1 Å². The van der Waals surface area contributed by atoms with Crippen LogP contribution < -0.4 is 11.1 Å². The number of rotatable bonds is 6. The van der Waals surface area contributed by atoms with E-state index in [1.807, 2.05) is 18.2 Å². The Bertz CT molecular complexity index is 514. The zero-order chi connectivity index (χ0) is 14.5. The van der Waals surface area contributed by atoms with Crippen molar-refractivity contribution in [1.29, 1.82) is 0 Å². The number of nitrogens with two attached hydrogens (primary N) is 1. The Kier molecular flexibility index (Phi) is 4.74. The summed E-state index contributed by atoms with van der Waals surface area (Å²) in [6, 6.07) is 6.02. The average Bonchev–Trinajstić information content (AvgIpc) is 2.39. The largest absolute Gasteiger partial charge is 0.481 e. The monoisotopic (exact) mass is 276 g/mol. The summed E-state index contributed by atoms with van der Waals surface area (Å²) in [6.45, 7) is 0.693. The topological polar surface area (TPSA) is 92.4 Å². The number of aryl methyl sites for hydroxylation is 1. The third-order valence-electron chi connectivity index (χ3n) is 3.61. The van der Waals surface area contributed by atoms with Crippen LogP contribution in [0.25, 0.3) is 0 Å². The van der Waals surface area contributed by atoms with E-state index in [0.29, 0.717) is 13.0 Å². The minimum Gasteiger partial charge on any atom is -0.481 e. The van der Waals surface area contributed by atoms with Crippen molar-refractivity contribution in [1.82, 2.24) is 0 Å². The molecule has 0 saturated carbocycles. The fourth-order valence-corrected chi connectivity index (χ4v) is 2.52. The number of hydrogen-bond acceptors (Lipinski definition) is 3. The van der Waals surface area contributed by atoms with Crippen LogP contribution in [0.4, 0.5) is 5.69 Å². The van der Waals surface area contributed by atoms with E-state index >= 15 is 0 Å². The lowest BCUT2D eigenvalue weighted by Crippen LogP contribution is -2.31. The molecule has 4 N–H and O–H groups in total. The third-order valence-corrected chi connectivity index (χ3v) is 3.61. The summed E-state index contributed by atoms with van der Waals surface area (Å²) >= 11 is 0. The van der Waals surface area contributed by atoms with Crippen LogP contribution in [-0.4, -0.2) is 23.5 Å². The van der Waals surface area contributed by atoms with E-state index in [9.17, 15) is 9.59 Å². The van der Waals surface area contributed by atoms with E-state index in [0.717, 1.165) is 30.5 Å². The SMILES string of the molecule is NCCCCc1ccc2c(c1)NC(=O)C(CC(=O)O)C2. The maximum absolute atomic E-state index is 11.9. The quantitative estimate of drug-likeness (QED) is 0.687. The van der Waals surface area contributed by atoms with Gasteiger partial charge >= 0.3 is 5.97 Å². The number of nitrogens with one attached hydrogen (secondary N) is 1. The lowest BCUT2D eigenvalue weighted by Gasteiger charge is -2.24. The third kappa shape index (κ3) is 3.57. The van der Waals surface area contributed by atoms with Gasteiger partial charge in [0.1, 0.15) is 0 Å². The summed E-state index contributed by atoms with van der Waals surface area (Å²) in [5.41, 5.74) is 8.48. The number of amides is 1. The van der Waals surface area contributed by atoms with E-state index in [1.165, 1.54) is 5.56 Å². The molecule has 0 bridgehead atoms. The maximum atomic E-state index is 11.9. The van der Waals surface area contributed by atoms with E-state index in [4.69, 9.17) is 10.8 Å². The molecule has 5 heteroatoms. The van der Waals surface area contributed by atoms with E-state index < -0.39 is 11.9 Å². The second-order valence-corrected chi connectivity index (χ2v) is 5.23. The van der Waals surface area contributed by atoms with E-state index in [1.54, 1.807) is 0 Å². The molecule has 0 aromatic heterocycles. The first-order valence-electron chi connectivity index (χ1n) is 6.94. The Labute approximate surface area is 118 Å². The average molecular weight is 276 g/mol. The number of benzene rings is 1. The van der Waals surface area contributed by atoms with Gasteiger partial charge in [-0.3, -0.25) is 9.59 Å². The van der Waals surface area contributed by atoms with Crippen LogP contribution >= 0.6 is 0 Å². The highest BCUT2D eigenvalue weighted by Gasteiger charge is 2.28. The Morgan fingerprint density at radius 2 is 2.20 bits per heavy atom. The molecule has 1 heterocycles. The minimum atomic E-state index is -0.938. The molecule has 1 aromatic carbocycles. The van der Waals surface area contributed by atoms with Gasteiger partial charge in [-0.15, -0.1) is 0 Å². The first kappa shape index (κ1) is 14.5. The van der Waals surface area contributed by atoms with Gasteiger partial charge in [0.05, 0.1) is 12.3 Å². The van der Waals surface area contributed by atoms with E-state index in [-0.39, 0.29) is 12.3 Å². The molecule has 1 atom stereocenters. The zero-order valence-electron chi connectivity index (χ0n) is 11.4. The van der Waals surface area contributed by atoms with Gasteiger partial charge in [0, 0.05) is 5.69 Å². The summed E-state index contributed by atoms with van der Waals surface area (Å²) in [7, 11) is 0. The van der Waals surface area contributed by atoms with E-state index in [2.05, 4.69) is 5.32 Å². The van der Waals surface area contributed by atoms with Crippen LogP contribution in [0.3, 0.4) is 0 Å². The summed E-state index contributed by atoms with van der Waals surface area (Å²) in [5, 5.41) is 11.6. The second-order valence-electron chi connectivity index (χ2n) is 5.23. The molecule has 0 fully saturated rings. The molecule has 0 saturated heterocycles. The summed E-state index contributed by atoms with van der Waals surface area (Å²) < 4.78 is 0. The van der Waals surface area contributed by atoms with Gasteiger partial charge in [-0.05, 0) is 49.4 Å². The molecule has 20 heavy (non-hydrogen) atoms. The number of hydrogen-bond donors (Lipinski definition) is 3. The lowest BCUT2D eigenvalue weighted by molar-refractivity contribution is -0.140. The number of anilines is 1. The van der Waals surface area contributed by atoms with Gasteiger partial charge in [0.2, 0.25) is 5.91 Å². The van der Waals surface area contributed by atoms with Crippen molar-refractivity contribution >= 4 is 17.6 Å². The molecular weight excluding hydrogens is 256 g/mol. The molecule has 5 nitrogen and oxygen atoms in total. The number of carbonyl (C=O) groups is 2. The predicted octanol–water partition coefficient (Wildman–Crippen LogP) is 1.55. The van der Waals surface area contributed by atoms with Crippen LogP contribution in [-0.2, 0) is 22.4 Å². The molecule has 0 radical (unpaired) electrons. The Balaban J connectivity index is 2.07.